The summed E-state index contributed by atoms with van der Waals surface area (Å²) >= 11 is 2.56. The highest BCUT2D eigenvalue weighted by Crippen LogP contribution is 2.49. The van der Waals surface area contributed by atoms with Gasteiger partial charge in [0, 0.05) is 16.8 Å². The largest absolute Gasteiger partial charge is 0.410 e. The van der Waals surface area contributed by atoms with E-state index < -0.39 is 8.32 Å². The zero-order chi connectivity index (χ0) is 18.6. The summed E-state index contributed by atoms with van der Waals surface area (Å²) in [6.07, 6.45) is 13.7. The van der Waals surface area contributed by atoms with E-state index in [1.807, 2.05) is 0 Å². The van der Waals surface area contributed by atoms with E-state index in [-0.39, 0.29) is 6.29 Å². The number of ether oxygens (including phenoxy) is 2. The molecule has 26 heavy (non-hydrogen) atoms. The molecule has 1 aliphatic heterocycles. The first kappa shape index (κ1) is 21.0. The van der Waals surface area contributed by atoms with Crippen LogP contribution >= 0.6 is 22.6 Å². The second-order valence-electron chi connectivity index (χ2n) is 8.93. The zero-order valence-corrected chi connectivity index (χ0v) is 19.8. The first-order chi connectivity index (χ1) is 12.4. The van der Waals surface area contributed by atoms with Crippen molar-refractivity contribution in [3.05, 3.63) is 20.8 Å². The Labute approximate surface area is 174 Å². The zero-order valence-electron chi connectivity index (χ0n) is 16.7. The molecule has 1 heterocycles. The van der Waals surface area contributed by atoms with Gasteiger partial charge in [-0.05, 0) is 106 Å². The van der Waals surface area contributed by atoms with Gasteiger partial charge in [-0.1, -0.05) is 17.2 Å². The number of halogens is 1. The molecule has 0 N–H and O–H groups in total. The van der Waals surface area contributed by atoms with Gasteiger partial charge in [-0.3, -0.25) is 0 Å². The van der Waals surface area contributed by atoms with Crippen molar-refractivity contribution < 1.29 is 13.9 Å². The predicted molar refractivity (Wildman–Crippen MR) is 118 cm³/mol. The number of fused-ring (bicyclic) bond motifs is 1. The maximum atomic E-state index is 6.39. The minimum absolute atomic E-state index is 0.0663. The molecule has 2 fully saturated rings. The van der Waals surface area contributed by atoms with Gasteiger partial charge in [-0.15, -0.1) is 0 Å². The molecule has 3 nitrogen and oxygen atoms in total. The summed E-state index contributed by atoms with van der Waals surface area (Å²) in [5.41, 5.74) is 3.33. The minimum Gasteiger partial charge on any atom is -0.410 e. The van der Waals surface area contributed by atoms with Gasteiger partial charge in [-0.2, -0.15) is 0 Å². The lowest BCUT2D eigenvalue weighted by Gasteiger charge is -2.24. The lowest BCUT2D eigenvalue weighted by molar-refractivity contribution is -0.162. The van der Waals surface area contributed by atoms with Crippen LogP contribution in [0, 0.1) is 5.92 Å². The van der Waals surface area contributed by atoms with Gasteiger partial charge in [0.1, 0.15) is 0 Å². The average molecular weight is 490 g/mol. The number of hydrogen-bond donors (Lipinski definition) is 0. The van der Waals surface area contributed by atoms with Gasteiger partial charge in [0.15, 0.2) is 14.6 Å². The van der Waals surface area contributed by atoms with Crippen molar-refractivity contribution in [2.45, 2.75) is 89.8 Å². The molecule has 1 saturated heterocycles. The molecule has 0 aromatic rings. The van der Waals surface area contributed by atoms with E-state index in [0.717, 1.165) is 32.0 Å². The standard InChI is InChI=1S/C21H35IO3Si/c1-26(2,3)25-19-15-17-13-16(14-18(17)21(19)22)9-5-4-7-11-23-20-10-6-8-12-24-20/h9,17,19-20H,4-8,10-15H2,1-3H3/b16-9+. The van der Waals surface area contributed by atoms with Crippen LogP contribution in [-0.4, -0.2) is 33.9 Å². The van der Waals surface area contributed by atoms with Gasteiger partial charge < -0.3 is 13.9 Å². The van der Waals surface area contributed by atoms with E-state index in [0.29, 0.717) is 6.10 Å². The molecule has 0 bridgehead atoms. The molecule has 0 aromatic carbocycles. The van der Waals surface area contributed by atoms with E-state index in [1.165, 1.54) is 48.5 Å². The van der Waals surface area contributed by atoms with Crippen molar-refractivity contribution in [2.75, 3.05) is 13.2 Å². The number of unbranched alkanes of at least 4 members (excludes halogenated alkanes) is 2. The van der Waals surface area contributed by atoms with Crippen molar-refractivity contribution in [3.8, 4) is 0 Å². The van der Waals surface area contributed by atoms with Crippen LogP contribution in [0.4, 0.5) is 0 Å². The Bertz CT molecular complexity index is 532. The van der Waals surface area contributed by atoms with Crippen LogP contribution in [-0.2, 0) is 13.9 Å². The maximum Gasteiger partial charge on any atom is 0.184 e. The van der Waals surface area contributed by atoms with Crippen LogP contribution in [0.25, 0.3) is 0 Å². The average Bonchev–Trinajstić information content (AvgIpc) is 3.10. The molecule has 3 aliphatic rings. The third kappa shape index (κ3) is 6.16. The van der Waals surface area contributed by atoms with Crippen molar-refractivity contribution in [1.29, 1.82) is 0 Å². The third-order valence-electron chi connectivity index (χ3n) is 5.48. The Kier molecular flexibility index (Phi) is 7.83. The van der Waals surface area contributed by atoms with Gasteiger partial charge in [-0.25, -0.2) is 0 Å². The van der Waals surface area contributed by atoms with Crippen molar-refractivity contribution in [3.63, 3.8) is 0 Å². The molecule has 1 saturated carbocycles. The first-order valence-electron chi connectivity index (χ1n) is 10.4. The fourth-order valence-corrected chi connectivity index (χ4v) is 6.59. The van der Waals surface area contributed by atoms with Gasteiger partial charge in [0.2, 0.25) is 0 Å². The van der Waals surface area contributed by atoms with Crippen molar-refractivity contribution >= 4 is 30.9 Å². The Hall–Kier alpha value is 0.307. The van der Waals surface area contributed by atoms with Crippen LogP contribution in [0.3, 0.4) is 0 Å². The number of allylic oxidation sites excluding steroid dienone is 3. The van der Waals surface area contributed by atoms with E-state index in [2.05, 4.69) is 48.3 Å². The fourth-order valence-electron chi connectivity index (χ4n) is 4.27. The highest BCUT2D eigenvalue weighted by Gasteiger charge is 2.39. The first-order valence-corrected chi connectivity index (χ1v) is 14.9. The molecule has 5 heteroatoms. The highest BCUT2D eigenvalue weighted by molar-refractivity contribution is 14.1. The van der Waals surface area contributed by atoms with Crippen LogP contribution in [0.1, 0.15) is 57.8 Å². The van der Waals surface area contributed by atoms with Crippen LogP contribution in [0.2, 0.25) is 19.6 Å². The SMILES string of the molecule is C[Si](C)(C)OC1CC2C/C(=C\CCCCOC3CCCCO3)CC2=C1I. The number of hydrogen-bond acceptors (Lipinski definition) is 3. The summed E-state index contributed by atoms with van der Waals surface area (Å²) in [4.78, 5) is 0. The predicted octanol–water partition coefficient (Wildman–Crippen LogP) is 6.35. The fraction of sp³-hybridized carbons (Fsp3) is 0.810. The van der Waals surface area contributed by atoms with E-state index in [1.54, 1.807) is 11.1 Å². The Morgan fingerprint density at radius 2 is 2.08 bits per heavy atom. The number of rotatable bonds is 8. The molecule has 148 valence electrons. The van der Waals surface area contributed by atoms with Crippen LogP contribution < -0.4 is 0 Å². The maximum absolute atomic E-state index is 6.39. The third-order valence-corrected chi connectivity index (χ3v) is 7.85. The summed E-state index contributed by atoms with van der Waals surface area (Å²) < 4.78 is 19.3. The smallest absolute Gasteiger partial charge is 0.184 e. The van der Waals surface area contributed by atoms with Gasteiger partial charge in [0.25, 0.3) is 0 Å². The van der Waals surface area contributed by atoms with E-state index >= 15 is 0 Å². The van der Waals surface area contributed by atoms with Crippen LogP contribution in [0.15, 0.2) is 20.8 Å². The van der Waals surface area contributed by atoms with E-state index in [9.17, 15) is 0 Å². The Balaban J connectivity index is 1.35. The topological polar surface area (TPSA) is 27.7 Å². The molecule has 3 rings (SSSR count). The van der Waals surface area contributed by atoms with Crippen molar-refractivity contribution in [1.82, 2.24) is 0 Å². The van der Waals surface area contributed by atoms with Crippen molar-refractivity contribution in [2.24, 2.45) is 5.92 Å². The minimum atomic E-state index is -1.45. The molecule has 0 aromatic heterocycles. The molecule has 3 atom stereocenters. The quantitative estimate of drug-likeness (QED) is 0.172. The summed E-state index contributed by atoms with van der Waals surface area (Å²) in [6.45, 7) is 8.60. The summed E-state index contributed by atoms with van der Waals surface area (Å²) in [6, 6.07) is 0. The Morgan fingerprint density at radius 3 is 2.77 bits per heavy atom. The highest BCUT2D eigenvalue weighted by atomic mass is 127. The molecular formula is C21H35IO3Si. The molecule has 0 radical (unpaired) electrons. The normalized spacial score (nSPS) is 31.1. The van der Waals surface area contributed by atoms with E-state index in [4.69, 9.17) is 13.9 Å². The monoisotopic (exact) mass is 490 g/mol. The van der Waals surface area contributed by atoms with Gasteiger partial charge >= 0.3 is 0 Å². The summed E-state index contributed by atoms with van der Waals surface area (Å²) in [5.74, 6) is 0.751. The summed E-state index contributed by atoms with van der Waals surface area (Å²) in [7, 11) is -1.45. The van der Waals surface area contributed by atoms with Gasteiger partial charge in [0.05, 0.1) is 6.10 Å². The molecule has 0 spiro atoms. The lowest BCUT2D eigenvalue weighted by Crippen LogP contribution is -2.31. The molecular weight excluding hydrogens is 455 g/mol. The van der Waals surface area contributed by atoms with Crippen LogP contribution in [0.5, 0.6) is 0 Å². The summed E-state index contributed by atoms with van der Waals surface area (Å²) in [5, 5.41) is 0. The lowest BCUT2D eigenvalue weighted by atomic mass is 10.0. The molecule has 3 unspecified atom stereocenters. The Morgan fingerprint density at radius 1 is 1.23 bits per heavy atom. The molecule has 2 aliphatic carbocycles. The second-order valence-corrected chi connectivity index (χ2v) is 14.6. The second kappa shape index (κ2) is 9.68. The molecule has 0 amide bonds.